The zero-order valence-electron chi connectivity index (χ0n) is 38.2. The molecule has 10 N–H and O–H groups in total. The van der Waals surface area contributed by atoms with Crippen LogP contribution in [0.3, 0.4) is 0 Å². The molecule has 0 aliphatic carbocycles. The van der Waals surface area contributed by atoms with Crippen LogP contribution in [-0.2, 0) is 40.5 Å². The quantitative estimate of drug-likeness (QED) is 0.0468. The molecule has 0 spiro atoms. The van der Waals surface area contributed by atoms with Crippen LogP contribution in [0.1, 0.15) is 41.4 Å². The van der Waals surface area contributed by atoms with Crippen molar-refractivity contribution in [1.29, 1.82) is 0 Å². The molecule has 8 aromatic rings. The van der Waals surface area contributed by atoms with Gasteiger partial charge in [-0.15, -0.1) is 0 Å². The van der Waals surface area contributed by atoms with Gasteiger partial charge in [0.15, 0.2) is 0 Å². The number of anilines is 6. The van der Waals surface area contributed by atoms with Crippen LogP contribution in [0.2, 0.25) is 0 Å². The Kier molecular flexibility index (Phi) is 14.6. The summed E-state index contributed by atoms with van der Waals surface area (Å²) in [6.07, 6.45) is 0. The van der Waals surface area contributed by atoms with Crippen LogP contribution in [0, 0.1) is 0 Å². The highest BCUT2D eigenvalue weighted by molar-refractivity contribution is 7.87. The second-order valence-electron chi connectivity index (χ2n) is 16.3. The first-order chi connectivity index (χ1) is 35.7. The Morgan fingerprint density at radius 3 is 0.855 bits per heavy atom. The van der Waals surface area contributed by atoms with Crippen LogP contribution >= 0.6 is 0 Å². The fourth-order valence-electron chi connectivity index (χ4n) is 7.56. The summed E-state index contributed by atoms with van der Waals surface area (Å²) in [4.78, 5) is 63.1. The molecule has 0 saturated heterocycles. The van der Waals surface area contributed by atoms with E-state index in [-0.39, 0.29) is 77.9 Å². The lowest BCUT2D eigenvalue weighted by Crippen LogP contribution is -2.20. The molecule has 0 saturated carbocycles. The van der Waals surface area contributed by atoms with Gasteiger partial charge in [0.1, 0.15) is 9.79 Å². The van der Waals surface area contributed by atoms with E-state index in [0.29, 0.717) is 12.1 Å². The van der Waals surface area contributed by atoms with E-state index in [4.69, 9.17) is 0 Å². The number of benzene rings is 8. The van der Waals surface area contributed by atoms with E-state index < -0.39 is 89.7 Å². The van der Waals surface area contributed by atoms with Crippen molar-refractivity contribution in [2.75, 3.05) is 31.9 Å². The summed E-state index contributed by atoms with van der Waals surface area (Å²) >= 11 is 0. The van der Waals surface area contributed by atoms with E-state index in [1.54, 1.807) is 0 Å². The largest absolute Gasteiger partial charge is 0.323 e. The molecular formula is C49H36N6O17S4. The van der Waals surface area contributed by atoms with Crippen molar-refractivity contribution >= 4 is 126 Å². The first-order valence-corrected chi connectivity index (χ1v) is 27.2. The summed E-state index contributed by atoms with van der Waals surface area (Å²) in [6.45, 7) is 0. The van der Waals surface area contributed by atoms with E-state index in [2.05, 4.69) is 31.9 Å². The van der Waals surface area contributed by atoms with Gasteiger partial charge < -0.3 is 31.9 Å². The first-order valence-electron chi connectivity index (χ1n) is 21.5. The van der Waals surface area contributed by atoms with Gasteiger partial charge in [-0.2, -0.15) is 33.7 Å². The Bertz CT molecular complexity index is 3980. The summed E-state index contributed by atoms with van der Waals surface area (Å²) in [5.74, 6) is -2.64. The predicted octanol–water partition coefficient (Wildman–Crippen LogP) is 7.63. The molecule has 0 fully saturated rings. The van der Waals surface area contributed by atoms with Crippen LogP contribution in [-0.4, -0.2) is 81.5 Å². The lowest BCUT2D eigenvalue weighted by Gasteiger charge is -2.12. The smallest absolute Gasteiger partial charge is 0.322 e. The topological polar surface area (TPSA) is 375 Å². The first kappa shape index (κ1) is 53.4. The molecule has 388 valence electrons. The van der Waals surface area contributed by atoms with Crippen LogP contribution in [0.25, 0.3) is 21.5 Å². The van der Waals surface area contributed by atoms with E-state index in [1.807, 2.05) is 0 Å². The summed E-state index contributed by atoms with van der Waals surface area (Å²) in [5, 5.41) is 15.4. The zero-order valence-corrected chi connectivity index (χ0v) is 41.5. The fourth-order valence-corrected chi connectivity index (χ4v) is 10.3. The summed E-state index contributed by atoms with van der Waals surface area (Å²) in [7, 11) is -19.7. The minimum Gasteiger partial charge on any atom is -0.322 e. The Morgan fingerprint density at radius 1 is 0.303 bits per heavy atom. The van der Waals surface area contributed by atoms with Gasteiger partial charge in [-0.05, 0) is 132 Å². The molecule has 8 aromatic carbocycles. The van der Waals surface area contributed by atoms with E-state index in [1.165, 1.54) is 133 Å². The number of carbonyl (C=O) groups is 5. The maximum atomic E-state index is 13.3. The van der Waals surface area contributed by atoms with E-state index in [9.17, 15) is 75.9 Å². The van der Waals surface area contributed by atoms with Gasteiger partial charge in [-0.3, -0.25) is 37.4 Å². The minimum absolute atomic E-state index is 0.0562. The molecule has 0 unspecified atom stereocenters. The van der Waals surface area contributed by atoms with Crippen LogP contribution in [0.4, 0.5) is 38.9 Å². The average Bonchev–Trinajstić information content (AvgIpc) is 3.34. The highest BCUT2D eigenvalue weighted by Crippen LogP contribution is 2.32. The Labute approximate surface area is 431 Å². The Hall–Kier alpha value is -8.93. The van der Waals surface area contributed by atoms with Gasteiger partial charge in [0, 0.05) is 67.2 Å². The molecule has 0 heterocycles. The Balaban J connectivity index is 0.871. The third kappa shape index (κ3) is 12.7. The maximum Gasteiger partial charge on any atom is 0.323 e. The molecule has 27 heteroatoms. The second kappa shape index (κ2) is 20.8. The normalized spacial score (nSPS) is 11.8. The van der Waals surface area contributed by atoms with Crippen LogP contribution in [0.5, 0.6) is 0 Å². The lowest BCUT2D eigenvalue weighted by molar-refractivity contribution is 0.101. The van der Waals surface area contributed by atoms with Gasteiger partial charge in [0.25, 0.3) is 64.1 Å². The third-order valence-corrected chi connectivity index (χ3v) is 14.4. The zero-order chi connectivity index (χ0) is 54.9. The van der Waals surface area contributed by atoms with Crippen molar-refractivity contribution in [1.82, 2.24) is 0 Å². The number of hydrogen-bond acceptors (Lipinski definition) is 13. The Morgan fingerprint density at radius 2 is 0.579 bits per heavy atom. The fraction of sp³-hybridized carbons (Fsp3) is 0. The number of rotatable bonds is 14. The predicted molar refractivity (Wildman–Crippen MR) is 277 cm³/mol. The van der Waals surface area contributed by atoms with Gasteiger partial charge in [0.2, 0.25) is 0 Å². The number of hydrogen-bond donors (Lipinski definition) is 10. The summed E-state index contributed by atoms with van der Waals surface area (Å²) in [6, 6.07) is 33.0. The van der Waals surface area contributed by atoms with Crippen molar-refractivity contribution in [2.45, 2.75) is 19.6 Å². The molecule has 0 atom stereocenters. The average molecular weight is 1110 g/mol. The summed E-state index contributed by atoms with van der Waals surface area (Å²) < 4.78 is 134. The number of carbonyl (C=O) groups excluding carboxylic acids is 5. The molecule has 0 aliphatic rings. The standard InChI is InChI=1S/C49H36N6O17S4/c56-45(50-33-9-1-5-27(17-33)47(58)52-37-13-15-41-31(21-37)23-39(73(61,62)63)25-43(41)75(67,68)69)29-7-3-11-35(19-29)54-49(60)55-36-12-4-8-30(20-36)46(57)51-34-10-2-6-28(18-34)48(59)53-38-14-16-42-32(22-38)24-40(74(64,65)66)26-44(42)76(70,71)72/h1-26H,(H,50,56)(H,51,57)(H,52,58)(H,53,59)(H2,54,55,60)(H,61,62,63)(H,64,65,66)(H,67,68,69)(H,70,71,72). The van der Waals surface area contributed by atoms with Gasteiger partial charge in [0.05, 0.1) is 9.79 Å². The van der Waals surface area contributed by atoms with Crippen LogP contribution < -0.4 is 31.9 Å². The summed E-state index contributed by atoms with van der Waals surface area (Å²) in [5.41, 5.74) is 1.22. The number of urea groups is 1. The van der Waals surface area contributed by atoms with E-state index in [0.717, 1.165) is 12.1 Å². The molecule has 0 radical (unpaired) electrons. The van der Waals surface area contributed by atoms with E-state index >= 15 is 0 Å². The van der Waals surface area contributed by atoms with Crippen molar-refractivity contribution in [3.63, 3.8) is 0 Å². The molecule has 76 heavy (non-hydrogen) atoms. The van der Waals surface area contributed by atoms with Crippen molar-refractivity contribution < 1.29 is 75.9 Å². The number of fused-ring (bicyclic) bond motifs is 2. The SMILES string of the molecule is O=C(Nc1cccc(C(=O)Nc2cccc(C(=O)Nc3ccc4c(S(=O)(=O)O)cc(S(=O)(=O)O)cc4c3)c2)c1)Nc1cccc(C(=O)Nc2cccc(C(=O)Nc3ccc4c(S(=O)(=O)O)cc(S(=O)(=O)O)cc4c3)c2)c1. The van der Waals surface area contributed by atoms with Crippen LogP contribution in [0.15, 0.2) is 177 Å². The molecule has 8 rings (SSSR count). The number of nitrogens with one attached hydrogen (secondary N) is 6. The van der Waals surface area contributed by atoms with Gasteiger partial charge >= 0.3 is 6.03 Å². The minimum atomic E-state index is -4.93. The van der Waals surface area contributed by atoms with Crippen molar-refractivity contribution in [2.24, 2.45) is 0 Å². The highest BCUT2D eigenvalue weighted by atomic mass is 32.2. The van der Waals surface area contributed by atoms with Gasteiger partial charge in [-0.25, -0.2) is 4.79 Å². The molecule has 0 aromatic heterocycles. The lowest BCUT2D eigenvalue weighted by atomic mass is 10.1. The number of amides is 6. The van der Waals surface area contributed by atoms with Gasteiger partial charge in [-0.1, -0.05) is 36.4 Å². The second-order valence-corrected chi connectivity index (χ2v) is 22.0. The molecule has 6 amide bonds. The molecule has 0 aliphatic heterocycles. The van der Waals surface area contributed by atoms with Crippen molar-refractivity contribution in [3.8, 4) is 0 Å². The molecule has 23 nitrogen and oxygen atoms in total. The highest BCUT2D eigenvalue weighted by Gasteiger charge is 2.23. The monoisotopic (exact) mass is 1110 g/mol. The molecular weight excluding hydrogens is 1070 g/mol. The maximum absolute atomic E-state index is 13.3. The molecule has 0 bridgehead atoms. The van der Waals surface area contributed by atoms with Crippen molar-refractivity contribution in [3.05, 3.63) is 180 Å². The third-order valence-electron chi connectivity index (χ3n) is 11.0.